The molecule has 0 amide bonds. The van der Waals surface area contributed by atoms with E-state index in [1.165, 1.54) is 11.8 Å². The highest BCUT2D eigenvalue weighted by Gasteiger charge is 1.76. The number of thioether (sulfide) groups is 1. The highest BCUT2D eigenvalue weighted by atomic mass is 32.2. The fourth-order valence-corrected chi connectivity index (χ4v) is 0.571. The van der Waals surface area contributed by atoms with Gasteiger partial charge in [-0.1, -0.05) is 17.7 Å². The Morgan fingerprint density at radius 2 is 2.78 bits per heavy atom. The van der Waals surface area contributed by atoms with Gasteiger partial charge in [0.05, 0.1) is 0 Å². The molecular formula is C8H10S. The summed E-state index contributed by atoms with van der Waals surface area (Å²) in [4.78, 5) is 0. The zero-order valence-corrected chi connectivity index (χ0v) is 6.05. The number of hydrogen-bond donors (Lipinski definition) is 0. The van der Waals surface area contributed by atoms with Gasteiger partial charge in [-0.15, -0.1) is 12.3 Å². The molecule has 0 aromatic rings. The van der Waals surface area contributed by atoms with Crippen LogP contribution in [0.25, 0.3) is 0 Å². The molecule has 0 saturated heterocycles. The molecule has 0 aliphatic heterocycles. The summed E-state index contributed by atoms with van der Waals surface area (Å²) in [6.07, 6.45) is 4.89. The van der Waals surface area contributed by atoms with Crippen molar-refractivity contribution in [3.8, 4) is 23.5 Å². The molecule has 0 nitrogen and oxygen atoms in total. The SMILES string of the molecule is [3H]C#CCCCC#CSC[3H]. The summed E-state index contributed by atoms with van der Waals surface area (Å²) in [6.45, 7) is 0. The van der Waals surface area contributed by atoms with Gasteiger partial charge >= 0.3 is 0 Å². The molecule has 0 unspecified atom stereocenters. The van der Waals surface area contributed by atoms with Crippen LogP contribution in [0.15, 0.2) is 0 Å². The van der Waals surface area contributed by atoms with Crippen LogP contribution in [0.4, 0.5) is 0 Å². The number of unbranched alkanes of at least 4 members (excludes halogenated alkanes) is 2. The van der Waals surface area contributed by atoms with Gasteiger partial charge in [0.2, 0.25) is 0 Å². The Labute approximate surface area is 64.2 Å². The molecule has 1 heteroatoms. The van der Waals surface area contributed by atoms with E-state index in [-0.39, 0.29) is 0 Å². The van der Waals surface area contributed by atoms with Crippen molar-refractivity contribution < 1.29 is 2.74 Å². The van der Waals surface area contributed by atoms with Crippen LogP contribution in [0.5, 0.6) is 0 Å². The molecule has 0 saturated carbocycles. The van der Waals surface area contributed by atoms with E-state index in [0.717, 1.165) is 19.3 Å². The molecule has 0 atom stereocenters. The molecule has 0 aromatic carbocycles. The van der Waals surface area contributed by atoms with E-state index in [4.69, 9.17) is 2.74 Å². The molecule has 0 heterocycles. The van der Waals surface area contributed by atoms with E-state index < -0.39 is 0 Å². The maximum absolute atomic E-state index is 6.76. The predicted octanol–water partition coefficient (Wildman–Crippen LogP) is 2.11. The third kappa shape index (κ3) is 7.47. The van der Waals surface area contributed by atoms with Gasteiger partial charge in [0.1, 0.15) is 1.37 Å². The Morgan fingerprint density at radius 3 is 3.56 bits per heavy atom. The van der Waals surface area contributed by atoms with E-state index in [2.05, 4.69) is 23.5 Å². The third-order valence-corrected chi connectivity index (χ3v) is 1.04. The second kappa shape index (κ2) is 7.47. The molecular weight excluding hydrogens is 128 g/mol. The fourth-order valence-electron chi connectivity index (χ4n) is 0.367. The topological polar surface area (TPSA) is 0 Å². The van der Waals surface area contributed by atoms with Crippen molar-refractivity contribution in [3.63, 3.8) is 0 Å². The van der Waals surface area contributed by atoms with Crippen LogP contribution in [0, 0.1) is 23.5 Å². The Kier molecular flexibility index (Phi) is 4.37. The molecule has 0 fully saturated rings. The highest BCUT2D eigenvalue weighted by Crippen LogP contribution is 1.92. The van der Waals surface area contributed by atoms with Crippen molar-refractivity contribution in [3.05, 3.63) is 0 Å². The fraction of sp³-hybridized carbons (Fsp3) is 0.500. The van der Waals surface area contributed by atoms with Gasteiger partial charge in [0, 0.05) is 14.2 Å². The van der Waals surface area contributed by atoms with Crippen LogP contribution < -0.4 is 0 Å². The summed E-state index contributed by atoms with van der Waals surface area (Å²) >= 11 is 1.30. The first kappa shape index (κ1) is 5.27. The first-order chi connectivity index (χ1) is 5.41. The van der Waals surface area contributed by atoms with E-state index in [9.17, 15) is 0 Å². The van der Waals surface area contributed by atoms with Gasteiger partial charge in [-0.3, -0.25) is 0 Å². The van der Waals surface area contributed by atoms with Crippen molar-refractivity contribution in [2.45, 2.75) is 19.3 Å². The van der Waals surface area contributed by atoms with Crippen LogP contribution in [0.3, 0.4) is 0 Å². The molecule has 0 bridgehead atoms. The summed E-state index contributed by atoms with van der Waals surface area (Å²) in [6, 6.07) is 0. The summed E-state index contributed by atoms with van der Waals surface area (Å²) < 4.78 is 13.3. The second-order valence-corrected chi connectivity index (χ2v) is 1.95. The minimum atomic E-state index is 0.305. The highest BCUT2D eigenvalue weighted by molar-refractivity contribution is 8.03. The number of terminal acetylenes is 1. The van der Waals surface area contributed by atoms with Gasteiger partial charge < -0.3 is 0 Å². The van der Waals surface area contributed by atoms with Crippen molar-refractivity contribution >= 4 is 11.8 Å². The van der Waals surface area contributed by atoms with Gasteiger partial charge in [-0.25, -0.2) is 0 Å². The molecule has 0 spiro atoms. The van der Waals surface area contributed by atoms with E-state index in [0.29, 0.717) is 6.23 Å². The zero-order valence-electron chi connectivity index (χ0n) is 7.24. The molecule has 0 aromatic heterocycles. The predicted molar refractivity (Wildman–Crippen MR) is 44.0 cm³/mol. The number of rotatable bonds is 2. The second-order valence-electron chi connectivity index (χ2n) is 1.45. The summed E-state index contributed by atoms with van der Waals surface area (Å²) in [7, 11) is 0. The molecule has 0 aliphatic carbocycles. The van der Waals surface area contributed by atoms with E-state index in [1.807, 2.05) is 0 Å². The van der Waals surface area contributed by atoms with Crippen LogP contribution in [0.1, 0.15) is 22.0 Å². The molecule has 9 heavy (non-hydrogen) atoms. The molecule has 0 radical (unpaired) electrons. The maximum atomic E-state index is 6.76. The lowest BCUT2D eigenvalue weighted by molar-refractivity contribution is 0.905. The van der Waals surface area contributed by atoms with Crippen molar-refractivity contribution in [2.75, 3.05) is 6.23 Å². The lowest BCUT2D eigenvalue weighted by Gasteiger charge is -1.81. The van der Waals surface area contributed by atoms with E-state index >= 15 is 0 Å². The Balaban J connectivity index is 3.13. The van der Waals surface area contributed by atoms with Crippen molar-refractivity contribution in [1.82, 2.24) is 0 Å². The quantitative estimate of drug-likeness (QED) is 0.420. The van der Waals surface area contributed by atoms with Gasteiger partial charge in [0.15, 0.2) is 0 Å². The Bertz CT molecular complexity index is 192. The van der Waals surface area contributed by atoms with Crippen LogP contribution >= 0.6 is 11.8 Å². The third-order valence-electron chi connectivity index (χ3n) is 0.748. The lowest BCUT2D eigenvalue weighted by atomic mass is 10.2. The average molecular weight is 142 g/mol. The zero-order chi connectivity index (χ0) is 8.36. The maximum Gasteiger partial charge on any atom is 0.124 e. The molecule has 0 N–H and O–H groups in total. The smallest absolute Gasteiger partial charge is 0.120 e. The standard InChI is InChI=1S/C8H10S/c1-3-4-5-6-7-8-9-2/h1H,4-6H2,2H3/i1T,2T. The molecule has 48 valence electrons. The summed E-state index contributed by atoms with van der Waals surface area (Å²) in [5, 5.41) is 2.80. The normalized spacial score (nSPS) is 9.33. The average Bonchev–Trinajstić information content (AvgIpc) is 2.03. The Hall–Kier alpha value is -0.530. The van der Waals surface area contributed by atoms with Crippen LogP contribution in [-0.4, -0.2) is 6.23 Å². The first-order valence-corrected chi connectivity index (χ1v) is 3.69. The monoisotopic (exact) mass is 142 g/mol. The Morgan fingerprint density at radius 1 is 1.78 bits per heavy atom. The number of hydrogen-bond acceptors (Lipinski definition) is 1. The van der Waals surface area contributed by atoms with Gasteiger partial charge in [0.25, 0.3) is 0 Å². The van der Waals surface area contributed by atoms with Crippen LogP contribution in [0.2, 0.25) is 0 Å². The van der Waals surface area contributed by atoms with Gasteiger partial charge in [-0.2, -0.15) is 0 Å². The van der Waals surface area contributed by atoms with Crippen molar-refractivity contribution in [2.24, 2.45) is 0 Å². The minimum Gasteiger partial charge on any atom is -0.120 e. The molecule has 0 aliphatic rings. The van der Waals surface area contributed by atoms with Crippen LogP contribution in [-0.2, 0) is 0 Å². The van der Waals surface area contributed by atoms with E-state index in [1.54, 1.807) is 0 Å². The first-order valence-electron chi connectivity index (χ1n) is 3.91. The lowest BCUT2D eigenvalue weighted by Crippen LogP contribution is -1.67. The minimum absolute atomic E-state index is 0.305. The molecule has 0 rings (SSSR count). The van der Waals surface area contributed by atoms with Crippen molar-refractivity contribution in [1.29, 1.82) is 0 Å². The summed E-state index contributed by atoms with van der Waals surface area (Å²) in [5.41, 5.74) is 0. The van der Waals surface area contributed by atoms with Gasteiger partial charge in [-0.05, 0) is 17.9 Å². The summed E-state index contributed by atoms with van der Waals surface area (Å²) in [5.74, 6) is 5.55. The largest absolute Gasteiger partial charge is 0.124 e.